The average molecular weight is 239 g/mol. The van der Waals surface area contributed by atoms with Crippen molar-refractivity contribution in [1.29, 1.82) is 0 Å². The molecule has 0 bridgehead atoms. The van der Waals surface area contributed by atoms with E-state index >= 15 is 0 Å². The van der Waals surface area contributed by atoms with Gasteiger partial charge in [-0.05, 0) is 24.1 Å². The molecule has 1 aromatic carbocycles. The second-order valence-electron chi connectivity index (χ2n) is 3.43. The van der Waals surface area contributed by atoms with Crippen LogP contribution in [-0.2, 0) is 11.3 Å². The Hall–Kier alpha value is -1.75. The summed E-state index contributed by atoms with van der Waals surface area (Å²) in [5, 5.41) is 11.1. The van der Waals surface area contributed by atoms with Gasteiger partial charge in [-0.2, -0.15) is 0 Å². The van der Waals surface area contributed by atoms with Crippen molar-refractivity contribution in [2.75, 3.05) is 20.3 Å². The Morgan fingerprint density at radius 2 is 2.29 bits per heavy atom. The maximum Gasteiger partial charge on any atom is 0.407 e. The van der Waals surface area contributed by atoms with E-state index in [-0.39, 0.29) is 13.2 Å². The number of alkyl carbamates (subject to hydrolysis) is 1. The van der Waals surface area contributed by atoms with Crippen molar-refractivity contribution in [2.24, 2.45) is 0 Å². The molecule has 0 aliphatic rings. The quantitative estimate of drug-likeness (QED) is 0.734. The molecular weight excluding hydrogens is 222 g/mol. The second kappa shape index (κ2) is 7.51. The maximum atomic E-state index is 11.2. The first kappa shape index (κ1) is 13.3. The van der Waals surface area contributed by atoms with Crippen LogP contribution in [-0.4, -0.2) is 31.5 Å². The van der Waals surface area contributed by atoms with Crippen LogP contribution in [0.2, 0.25) is 0 Å². The lowest BCUT2D eigenvalue weighted by Gasteiger charge is -2.07. The zero-order chi connectivity index (χ0) is 12.5. The van der Waals surface area contributed by atoms with Gasteiger partial charge in [0.1, 0.15) is 12.4 Å². The molecule has 1 aromatic rings. The number of aliphatic hydroxyl groups excluding tert-OH is 1. The van der Waals surface area contributed by atoms with Crippen molar-refractivity contribution in [3.63, 3.8) is 0 Å². The molecule has 17 heavy (non-hydrogen) atoms. The zero-order valence-electron chi connectivity index (χ0n) is 9.81. The fourth-order valence-corrected chi connectivity index (χ4v) is 1.23. The summed E-state index contributed by atoms with van der Waals surface area (Å²) in [4.78, 5) is 11.2. The number of nitrogens with one attached hydrogen (secondary N) is 1. The Morgan fingerprint density at radius 3 is 3.00 bits per heavy atom. The van der Waals surface area contributed by atoms with E-state index in [4.69, 9.17) is 14.6 Å². The van der Waals surface area contributed by atoms with E-state index in [9.17, 15) is 4.79 Å². The lowest BCUT2D eigenvalue weighted by atomic mass is 10.2. The molecule has 94 valence electrons. The van der Waals surface area contributed by atoms with Crippen LogP contribution in [0, 0.1) is 0 Å². The predicted octanol–water partition coefficient (Wildman–Crippen LogP) is 1.30. The number of benzene rings is 1. The number of carbonyl (C=O) groups excluding carboxylic acids is 1. The number of rotatable bonds is 6. The third-order valence-corrected chi connectivity index (χ3v) is 2.11. The summed E-state index contributed by atoms with van der Waals surface area (Å²) in [5.41, 5.74) is 0.863. The average Bonchev–Trinajstić information content (AvgIpc) is 2.37. The number of carbonyl (C=O) groups is 1. The summed E-state index contributed by atoms with van der Waals surface area (Å²) in [6, 6.07) is 7.32. The third-order valence-electron chi connectivity index (χ3n) is 2.11. The lowest BCUT2D eigenvalue weighted by Crippen LogP contribution is -2.25. The first-order valence-corrected chi connectivity index (χ1v) is 5.40. The van der Waals surface area contributed by atoms with Crippen LogP contribution in [0.3, 0.4) is 0 Å². The highest BCUT2D eigenvalue weighted by Gasteiger charge is 2.02. The molecule has 2 N–H and O–H groups in total. The van der Waals surface area contributed by atoms with Crippen LogP contribution < -0.4 is 10.1 Å². The predicted molar refractivity (Wildman–Crippen MR) is 62.9 cm³/mol. The van der Waals surface area contributed by atoms with E-state index in [0.29, 0.717) is 13.0 Å². The molecule has 0 unspecified atom stereocenters. The van der Waals surface area contributed by atoms with Gasteiger partial charge in [0.25, 0.3) is 0 Å². The number of aliphatic hydroxyl groups is 1. The van der Waals surface area contributed by atoms with E-state index in [1.165, 1.54) is 0 Å². The minimum atomic E-state index is -0.485. The third kappa shape index (κ3) is 5.21. The second-order valence-corrected chi connectivity index (χ2v) is 3.43. The molecule has 0 aliphatic carbocycles. The molecule has 0 atom stereocenters. The monoisotopic (exact) mass is 239 g/mol. The summed E-state index contributed by atoms with van der Waals surface area (Å²) >= 11 is 0. The van der Waals surface area contributed by atoms with Gasteiger partial charge < -0.3 is 19.9 Å². The van der Waals surface area contributed by atoms with Crippen LogP contribution in [0.1, 0.15) is 12.0 Å². The van der Waals surface area contributed by atoms with Crippen molar-refractivity contribution in [1.82, 2.24) is 5.32 Å². The molecular formula is C12H17NO4. The molecule has 0 spiro atoms. The molecule has 5 nitrogen and oxygen atoms in total. The highest BCUT2D eigenvalue weighted by atomic mass is 16.5. The lowest BCUT2D eigenvalue weighted by molar-refractivity contribution is 0.138. The topological polar surface area (TPSA) is 67.8 Å². The highest BCUT2D eigenvalue weighted by molar-refractivity contribution is 5.67. The van der Waals surface area contributed by atoms with Crippen molar-refractivity contribution < 1.29 is 19.4 Å². The van der Waals surface area contributed by atoms with Gasteiger partial charge in [-0.15, -0.1) is 0 Å². The molecule has 0 aromatic heterocycles. The Morgan fingerprint density at radius 1 is 1.47 bits per heavy atom. The zero-order valence-corrected chi connectivity index (χ0v) is 9.81. The van der Waals surface area contributed by atoms with Crippen molar-refractivity contribution in [2.45, 2.75) is 13.0 Å². The fraction of sp³-hybridized carbons (Fsp3) is 0.417. The van der Waals surface area contributed by atoms with E-state index in [1.807, 2.05) is 18.2 Å². The number of ether oxygens (including phenoxy) is 2. The number of methoxy groups -OCH3 is 1. The molecule has 0 saturated heterocycles. The molecule has 5 heteroatoms. The van der Waals surface area contributed by atoms with Crippen LogP contribution in [0.15, 0.2) is 24.3 Å². The van der Waals surface area contributed by atoms with Gasteiger partial charge in [-0.3, -0.25) is 0 Å². The Bertz CT molecular complexity index is 354. The van der Waals surface area contributed by atoms with E-state index in [1.54, 1.807) is 13.2 Å². The molecule has 1 rings (SSSR count). The molecule has 0 heterocycles. The Balaban J connectivity index is 2.31. The standard InChI is InChI=1S/C12H17NO4/c1-16-11-5-2-4-10(8-11)9-17-12(15)13-6-3-7-14/h2,4-5,8,14H,3,6-7,9H2,1H3,(H,13,15). The molecule has 0 radical (unpaired) electrons. The van der Waals surface area contributed by atoms with E-state index < -0.39 is 6.09 Å². The van der Waals surface area contributed by atoms with Gasteiger partial charge in [-0.1, -0.05) is 12.1 Å². The summed E-state index contributed by atoms with van der Waals surface area (Å²) < 4.78 is 10.0. The van der Waals surface area contributed by atoms with Crippen LogP contribution >= 0.6 is 0 Å². The Labute approximate surface area is 100 Å². The fourth-order valence-electron chi connectivity index (χ4n) is 1.23. The highest BCUT2D eigenvalue weighted by Crippen LogP contribution is 2.13. The van der Waals surface area contributed by atoms with E-state index in [2.05, 4.69) is 5.32 Å². The van der Waals surface area contributed by atoms with Gasteiger partial charge in [0, 0.05) is 13.2 Å². The van der Waals surface area contributed by atoms with Crippen molar-refractivity contribution in [3.05, 3.63) is 29.8 Å². The van der Waals surface area contributed by atoms with Crippen LogP contribution in [0.25, 0.3) is 0 Å². The largest absolute Gasteiger partial charge is 0.497 e. The molecule has 1 amide bonds. The summed E-state index contributed by atoms with van der Waals surface area (Å²) in [7, 11) is 1.58. The minimum absolute atomic E-state index is 0.0518. The molecule has 0 aliphatic heterocycles. The summed E-state index contributed by atoms with van der Waals surface area (Å²) in [6.45, 7) is 0.658. The maximum absolute atomic E-state index is 11.2. The van der Waals surface area contributed by atoms with Gasteiger partial charge in [0.2, 0.25) is 0 Å². The van der Waals surface area contributed by atoms with Gasteiger partial charge in [0.05, 0.1) is 7.11 Å². The number of hydrogen-bond acceptors (Lipinski definition) is 4. The Kier molecular flexibility index (Phi) is 5.88. The molecule has 0 saturated carbocycles. The van der Waals surface area contributed by atoms with E-state index in [0.717, 1.165) is 11.3 Å². The van der Waals surface area contributed by atoms with Crippen molar-refractivity contribution >= 4 is 6.09 Å². The van der Waals surface area contributed by atoms with Crippen LogP contribution in [0.4, 0.5) is 4.79 Å². The smallest absolute Gasteiger partial charge is 0.407 e. The van der Waals surface area contributed by atoms with Gasteiger partial charge in [-0.25, -0.2) is 4.79 Å². The first-order valence-electron chi connectivity index (χ1n) is 5.40. The minimum Gasteiger partial charge on any atom is -0.497 e. The summed E-state index contributed by atoms with van der Waals surface area (Å²) in [6.07, 6.45) is 0.0371. The first-order chi connectivity index (χ1) is 8.26. The number of amides is 1. The molecule has 0 fully saturated rings. The van der Waals surface area contributed by atoms with Gasteiger partial charge in [0.15, 0.2) is 0 Å². The van der Waals surface area contributed by atoms with Crippen LogP contribution in [0.5, 0.6) is 5.75 Å². The SMILES string of the molecule is COc1cccc(COC(=O)NCCCO)c1. The summed E-state index contributed by atoms with van der Waals surface area (Å²) in [5.74, 6) is 0.729. The normalized spacial score (nSPS) is 9.76. The van der Waals surface area contributed by atoms with Crippen molar-refractivity contribution in [3.8, 4) is 5.75 Å². The van der Waals surface area contributed by atoms with Gasteiger partial charge >= 0.3 is 6.09 Å². The number of hydrogen-bond donors (Lipinski definition) is 2.